The average Bonchev–Trinajstić information content (AvgIpc) is 2.74. The van der Waals surface area contributed by atoms with E-state index in [4.69, 9.17) is 11.6 Å². The van der Waals surface area contributed by atoms with Gasteiger partial charge in [-0.25, -0.2) is 17.8 Å². The van der Waals surface area contributed by atoms with Crippen LogP contribution in [-0.4, -0.2) is 28.1 Å². The molecule has 1 aromatic carbocycles. The lowest BCUT2D eigenvalue weighted by Crippen LogP contribution is -2.16. The molecule has 1 heterocycles. The van der Waals surface area contributed by atoms with E-state index in [2.05, 4.69) is 14.8 Å². The Balaban J connectivity index is 2.42. The molecule has 1 N–H and O–H groups in total. The minimum atomic E-state index is -4.01. The lowest BCUT2D eigenvalue weighted by molar-refractivity contribution is -0.384. The molecule has 1 aromatic heterocycles. The first-order valence-corrected chi connectivity index (χ1v) is 6.98. The smallest absolute Gasteiger partial charge is 0.258 e. The van der Waals surface area contributed by atoms with Crippen molar-refractivity contribution in [1.29, 1.82) is 0 Å². The van der Waals surface area contributed by atoms with E-state index >= 15 is 0 Å². The van der Waals surface area contributed by atoms with Gasteiger partial charge in [0.25, 0.3) is 15.7 Å². The van der Waals surface area contributed by atoms with Crippen LogP contribution in [-0.2, 0) is 17.1 Å². The van der Waals surface area contributed by atoms with Gasteiger partial charge in [-0.1, -0.05) is 11.6 Å². The van der Waals surface area contributed by atoms with Crippen LogP contribution >= 0.6 is 11.6 Å². The Morgan fingerprint density at radius 2 is 2.15 bits per heavy atom. The Labute approximate surface area is 118 Å². The van der Waals surface area contributed by atoms with E-state index in [9.17, 15) is 18.5 Å². The number of aromatic nitrogens is 3. The molecule has 0 aliphatic heterocycles. The number of anilines is 1. The van der Waals surface area contributed by atoms with Gasteiger partial charge in [-0.15, -0.1) is 0 Å². The van der Waals surface area contributed by atoms with Gasteiger partial charge < -0.3 is 0 Å². The molecule has 0 saturated heterocycles. The molecule has 0 atom stereocenters. The van der Waals surface area contributed by atoms with Crippen molar-refractivity contribution in [3.63, 3.8) is 0 Å². The normalized spacial score (nSPS) is 11.3. The van der Waals surface area contributed by atoms with Crippen LogP contribution in [0.1, 0.15) is 0 Å². The second-order valence-electron chi connectivity index (χ2n) is 3.68. The van der Waals surface area contributed by atoms with Crippen LogP contribution in [0, 0.1) is 10.1 Å². The first-order valence-electron chi connectivity index (χ1n) is 5.12. The number of nitro groups is 1. The maximum absolute atomic E-state index is 12.1. The lowest BCUT2D eigenvalue weighted by atomic mass is 10.3. The fourth-order valence-electron chi connectivity index (χ4n) is 1.37. The van der Waals surface area contributed by atoms with Gasteiger partial charge in [0.2, 0.25) is 5.95 Å². The fourth-order valence-corrected chi connectivity index (χ4v) is 2.61. The molecule has 2 rings (SSSR count). The number of nitrogens with one attached hydrogen (secondary N) is 1. The summed E-state index contributed by atoms with van der Waals surface area (Å²) in [5.74, 6) is -0.0115. The van der Waals surface area contributed by atoms with Crippen LogP contribution in [0.25, 0.3) is 0 Å². The average molecular weight is 318 g/mol. The second-order valence-corrected chi connectivity index (χ2v) is 5.77. The maximum atomic E-state index is 12.1. The van der Waals surface area contributed by atoms with Crippen LogP contribution in [0.5, 0.6) is 0 Å². The first kappa shape index (κ1) is 14.2. The van der Waals surface area contributed by atoms with Gasteiger partial charge in [0.1, 0.15) is 11.3 Å². The second kappa shape index (κ2) is 5.06. The van der Waals surface area contributed by atoms with Crippen LogP contribution in [0.2, 0.25) is 5.02 Å². The summed E-state index contributed by atoms with van der Waals surface area (Å²) in [5, 5.41) is 14.3. The predicted octanol–water partition coefficient (Wildman–Crippen LogP) is 1.18. The summed E-state index contributed by atoms with van der Waals surface area (Å²) in [6.07, 6.45) is 1.17. The van der Waals surface area contributed by atoms with E-state index in [0.717, 1.165) is 18.2 Å². The highest BCUT2D eigenvalue weighted by atomic mass is 35.5. The summed E-state index contributed by atoms with van der Waals surface area (Å²) in [6, 6.07) is 3.18. The minimum absolute atomic E-state index is 0.0115. The fraction of sp³-hybridized carbons (Fsp3) is 0.111. The molecule has 106 valence electrons. The highest BCUT2D eigenvalue weighted by molar-refractivity contribution is 7.92. The summed E-state index contributed by atoms with van der Waals surface area (Å²) in [7, 11) is -2.52. The molecule has 2 aromatic rings. The monoisotopic (exact) mass is 317 g/mol. The van der Waals surface area contributed by atoms with Crippen molar-refractivity contribution in [1.82, 2.24) is 14.8 Å². The van der Waals surface area contributed by atoms with Crippen molar-refractivity contribution in [2.45, 2.75) is 4.90 Å². The third-order valence-electron chi connectivity index (χ3n) is 2.36. The Morgan fingerprint density at radius 1 is 1.45 bits per heavy atom. The summed E-state index contributed by atoms with van der Waals surface area (Å²) >= 11 is 5.63. The molecule has 0 radical (unpaired) electrons. The minimum Gasteiger partial charge on any atom is -0.258 e. The molecule has 0 aliphatic carbocycles. The van der Waals surface area contributed by atoms with Gasteiger partial charge >= 0.3 is 0 Å². The van der Waals surface area contributed by atoms with Gasteiger partial charge in [0.05, 0.1) is 9.82 Å². The zero-order valence-corrected chi connectivity index (χ0v) is 11.6. The molecule has 0 aliphatic rings. The largest absolute Gasteiger partial charge is 0.289 e. The molecule has 0 fully saturated rings. The molecule has 11 heteroatoms. The topological polar surface area (TPSA) is 120 Å². The molecular formula is C9H8ClN5O4S. The third kappa shape index (κ3) is 2.70. The van der Waals surface area contributed by atoms with E-state index in [0.29, 0.717) is 0 Å². The van der Waals surface area contributed by atoms with E-state index in [1.807, 2.05) is 0 Å². The number of aryl methyl sites for hydroxylation is 1. The molecule has 0 bridgehead atoms. The predicted molar refractivity (Wildman–Crippen MR) is 69.9 cm³/mol. The van der Waals surface area contributed by atoms with Crippen molar-refractivity contribution in [3.05, 3.63) is 39.7 Å². The summed E-state index contributed by atoms with van der Waals surface area (Å²) in [5.41, 5.74) is -0.493. The highest BCUT2D eigenvalue weighted by Gasteiger charge is 2.22. The Morgan fingerprint density at radius 3 is 2.70 bits per heavy atom. The van der Waals surface area contributed by atoms with Crippen LogP contribution in [0.3, 0.4) is 0 Å². The van der Waals surface area contributed by atoms with E-state index in [1.165, 1.54) is 18.1 Å². The Kier molecular flexibility index (Phi) is 3.59. The molecule has 9 nitrogen and oxygen atoms in total. The number of sulfonamides is 1. The number of benzene rings is 1. The third-order valence-corrected chi connectivity index (χ3v) is 4.01. The van der Waals surface area contributed by atoms with Gasteiger partial charge in [-0.05, 0) is 12.1 Å². The zero-order valence-electron chi connectivity index (χ0n) is 10.0. The number of nitrogens with zero attached hydrogens (tertiary/aromatic N) is 4. The van der Waals surface area contributed by atoms with E-state index < -0.39 is 20.6 Å². The number of halogens is 1. The van der Waals surface area contributed by atoms with Crippen LogP contribution < -0.4 is 4.72 Å². The Hall–Kier alpha value is -2.20. The van der Waals surface area contributed by atoms with E-state index in [-0.39, 0.29) is 15.9 Å². The van der Waals surface area contributed by atoms with Gasteiger partial charge in [-0.2, -0.15) is 10.1 Å². The molecule has 0 spiro atoms. The number of nitro benzene ring substituents is 1. The maximum Gasteiger partial charge on any atom is 0.289 e. The molecule has 20 heavy (non-hydrogen) atoms. The van der Waals surface area contributed by atoms with Gasteiger partial charge in [-0.3, -0.25) is 10.1 Å². The van der Waals surface area contributed by atoms with Crippen molar-refractivity contribution in [3.8, 4) is 0 Å². The van der Waals surface area contributed by atoms with Gasteiger partial charge in [0, 0.05) is 13.1 Å². The summed E-state index contributed by atoms with van der Waals surface area (Å²) < 4.78 is 27.5. The van der Waals surface area contributed by atoms with Crippen molar-refractivity contribution in [2.75, 3.05) is 4.72 Å². The van der Waals surface area contributed by atoms with Gasteiger partial charge in [0.15, 0.2) is 0 Å². The number of hydrogen-bond acceptors (Lipinski definition) is 6. The molecule has 0 saturated carbocycles. The molecule has 0 amide bonds. The SMILES string of the molecule is Cn1ncnc1NS(=O)(=O)c1ccc(Cl)c([N+](=O)[O-])c1. The van der Waals surface area contributed by atoms with Crippen LogP contribution in [0.15, 0.2) is 29.4 Å². The van der Waals surface area contributed by atoms with E-state index in [1.54, 1.807) is 0 Å². The lowest BCUT2D eigenvalue weighted by Gasteiger charge is -2.07. The zero-order chi connectivity index (χ0) is 14.9. The van der Waals surface area contributed by atoms with Crippen molar-refractivity contribution < 1.29 is 13.3 Å². The molecular weight excluding hydrogens is 310 g/mol. The first-order chi connectivity index (χ1) is 9.31. The van der Waals surface area contributed by atoms with Crippen molar-refractivity contribution in [2.24, 2.45) is 7.05 Å². The Bertz CT molecular complexity index is 772. The quantitative estimate of drug-likeness (QED) is 0.667. The summed E-state index contributed by atoms with van der Waals surface area (Å²) in [6.45, 7) is 0. The summed E-state index contributed by atoms with van der Waals surface area (Å²) in [4.78, 5) is 13.4. The molecule has 0 unspecified atom stereocenters. The number of rotatable bonds is 4. The highest BCUT2D eigenvalue weighted by Crippen LogP contribution is 2.27. The number of hydrogen-bond donors (Lipinski definition) is 1. The van der Waals surface area contributed by atoms with Crippen molar-refractivity contribution >= 4 is 33.3 Å². The van der Waals surface area contributed by atoms with Crippen LogP contribution in [0.4, 0.5) is 11.6 Å². The standard InChI is InChI=1S/C9H8ClN5O4S/c1-14-9(11-5-12-14)13-20(18,19)6-2-3-7(10)8(4-6)15(16)17/h2-5H,1H3,(H,11,12,13).